The summed E-state index contributed by atoms with van der Waals surface area (Å²) in [5.41, 5.74) is 2.62. The van der Waals surface area contributed by atoms with Gasteiger partial charge in [0.1, 0.15) is 5.82 Å². The van der Waals surface area contributed by atoms with Gasteiger partial charge in [-0.15, -0.1) is 0 Å². The molecule has 7 heteroatoms. The highest BCUT2D eigenvalue weighted by Gasteiger charge is 2.26. The van der Waals surface area contributed by atoms with Crippen molar-refractivity contribution in [2.45, 2.75) is 32.1 Å². The van der Waals surface area contributed by atoms with Gasteiger partial charge in [-0.05, 0) is 56.1 Å². The minimum absolute atomic E-state index is 0.000491. The van der Waals surface area contributed by atoms with Gasteiger partial charge < -0.3 is 9.84 Å². The van der Waals surface area contributed by atoms with E-state index in [0.717, 1.165) is 43.6 Å². The molecule has 6 nitrogen and oxygen atoms in total. The molecule has 0 atom stereocenters. The second-order valence-corrected chi connectivity index (χ2v) is 7.58. The van der Waals surface area contributed by atoms with E-state index in [1.54, 1.807) is 12.1 Å². The van der Waals surface area contributed by atoms with Gasteiger partial charge in [-0.3, -0.25) is 9.69 Å². The number of rotatable bonds is 6. The maximum Gasteiger partial charge on any atom is 0.238 e. The Kier molecular flexibility index (Phi) is 6.18. The second-order valence-electron chi connectivity index (χ2n) is 7.58. The van der Waals surface area contributed by atoms with Crippen LogP contribution in [0.25, 0.3) is 11.4 Å². The van der Waals surface area contributed by atoms with Crippen LogP contribution in [0.2, 0.25) is 0 Å². The van der Waals surface area contributed by atoms with E-state index >= 15 is 0 Å². The number of nitrogens with zero attached hydrogens (tertiary/aromatic N) is 3. The van der Waals surface area contributed by atoms with Crippen molar-refractivity contribution in [1.82, 2.24) is 15.0 Å². The van der Waals surface area contributed by atoms with E-state index in [2.05, 4.69) is 27.3 Å². The summed E-state index contributed by atoms with van der Waals surface area (Å²) >= 11 is 0. The number of aryl methyl sites for hydroxylation is 1. The number of carbonyl (C=O) groups excluding carboxylic acids is 1. The van der Waals surface area contributed by atoms with Crippen LogP contribution >= 0.6 is 0 Å². The smallest absolute Gasteiger partial charge is 0.238 e. The predicted molar refractivity (Wildman–Crippen MR) is 113 cm³/mol. The highest BCUT2D eigenvalue weighted by atomic mass is 19.1. The zero-order valence-corrected chi connectivity index (χ0v) is 17.0. The van der Waals surface area contributed by atoms with Crippen molar-refractivity contribution in [2.75, 3.05) is 25.0 Å². The van der Waals surface area contributed by atoms with Gasteiger partial charge in [0, 0.05) is 17.2 Å². The molecule has 0 aliphatic carbocycles. The first kappa shape index (κ1) is 20.2. The van der Waals surface area contributed by atoms with Gasteiger partial charge in [-0.2, -0.15) is 4.98 Å². The quantitative estimate of drug-likeness (QED) is 0.660. The Labute approximate surface area is 175 Å². The van der Waals surface area contributed by atoms with E-state index in [1.807, 2.05) is 24.3 Å². The van der Waals surface area contributed by atoms with Crippen LogP contribution in [-0.4, -0.2) is 40.6 Å². The van der Waals surface area contributed by atoms with E-state index in [9.17, 15) is 9.18 Å². The van der Waals surface area contributed by atoms with E-state index in [-0.39, 0.29) is 17.6 Å². The van der Waals surface area contributed by atoms with Crippen LogP contribution in [-0.2, 0) is 11.2 Å². The largest absolute Gasteiger partial charge is 0.339 e. The number of likely N-dealkylation sites (tertiary alicyclic amines) is 1. The zero-order chi connectivity index (χ0) is 20.9. The molecule has 1 aliphatic rings. The van der Waals surface area contributed by atoms with Crippen LogP contribution in [0.4, 0.5) is 10.1 Å². The average molecular weight is 408 g/mol. The fourth-order valence-electron chi connectivity index (χ4n) is 3.83. The SMILES string of the molecule is CCc1ccccc1NC(=O)CN1CCC(c2nc(-c3cccc(F)c3)no2)CC1. The molecule has 2 aromatic carbocycles. The predicted octanol–water partition coefficient (Wildman–Crippen LogP) is 4.26. The molecule has 1 N–H and O–H groups in total. The molecule has 1 aromatic heterocycles. The molecule has 0 saturated carbocycles. The lowest BCUT2D eigenvalue weighted by Crippen LogP contribution is -2.38. The molecule has 1 fully saturated rings. The molecule has 4 rings (SSSR count). The fourth-order valence-corrected chi connectivity index (χ4v) is 3.83. The topological polar surface area (TPSA) is 71.3 Å². The molecule has 0 bridgehead atoms. The molecular formula is C23H25FN4O2. The summed E-state index contributed by atoms with van der Waals surface area (Å²) in [5.74, 6) is 0.809. The molecule has 0 radical (unpaired) electrons. The lowest BCUT2D eigenvalue weighted by Gasteiger charge is -2.29. The van der Waals surface area contributed by atoms with Crippen LogP contribution in [0, 0.1) is 5.82 Å². The Bertz CT molecular complexity index is 1010. The van der Waals surface area contributed by atoms with Crippen LogP contribution in [0.15, 0.2) is 53.1 Å². The van der Waals surface area contributed by atoms with Gasteiger partial charge in [0.15, 0.2) is 0 Å². The van der Waals surface area contributed by atoms with Crippen molar-refractivity contribution in [2.24, 2.45) is 0 Å². The number of anilines is 1. The van der Waals surface area contributed by atoms with E-state index < -0.39 is 0 Å². The summed E-state index contributed by atoms with van der Waals surface area (Å²) in [5, 5.41) is 7.03. The second kappa shape index (κ2) is 9.17. The number of hydrogen-bond donors (Lipinski definition) is 1. The van der Waals surface area contributed by atoms with E-state index in [4.69, 9.17) is 4.52 Å². The first-order valence-corrected chi connectivity index (χ1v) is 10.3. The maximum absolute atomic E-state index is 13.4. The molecule has 30 heavy (non-hydrogen) atoms. The van der Waals surface area contributed by atoms with E-state index in [1.165, 1.54) is 12.1 Å². The Morgan fingerprint density at radius 2 is 2.00 bits per heavy atom. The number of benzene rings is 2. The van der Waals surface area contributed by atoms with Gasteiger partial charge in [-0.1, -0.05) is 42.4 Å². The number of aromatic nitrogens is 2. The Hall–Kier alpha value is -3.06. The van der Waals surface area contributed by atoms with Gasteiger partial charge in [0.2, 0.25) is 17.6 Å². The standard InChI is InChI=1S/C23H25FN4O2/c1-2-16-6-3-4-9-20(16)25-21(29)15-28-12-10-17(11-13-28)23-26-22(27-30-23)18-7-5-8-19(24)14-18/h3-9,14,17H,2,10-13,15H2,1H3,(H,25,29). The Morgan fingerprint density at radius 3 is 2.77 bits per heavy atom. The highest BCUT2D eigenvalue weighted by Crippen LogP contribution is 2.28. The highest BCUT2D eigenvalue weighted by molar-refractivity contribution is 5.93. The number of carbonyl (C=O) groups is 1. The number of piperidine rings is 1. The summed E-state index contributed by atoms with van der Waals surface area (Å²) in [6.07, 6.45) is 2.55. The van der Waals surface area contributed by atoms with Crippen LogP contribution in [0.5, 0.6) is 0 Å². The lowest BCUT2D eigenvalue weighted by atomic mass is 9.97. The van der Waals surface area contributed by atoms with E-state index in [0.29, 0.717) is 23.8 Å². The molecule has 1 aliphatic heterocycles. The van der Waals surface area contributed by atoms with Gasteiger partial charge in [0.25, 0.3) is 0 Å². The normalized spacial score (nSPS) is 15.3. The van der Waals surface area contributed by atoms with Gasteiger partial charge in [0.05, 0.1) is 6.54 Å². The molecule has 156 valence electrons. The number of hydrogen-bond acceptors (Lipinski definition) is 5. The summed E-state index contributed by atoms with van der Waals surface area (Å²) in [6, 6.07) is 14.1. The van der Waals surface area contributed by atoms with Gasteiger partial charge >= 0.3 is 0 Å². The van der Waals surface area contributed by atoms with Crippen LogP contribution < -0.4 is 5.32 Å². The third kappa shape index (κ3) is 4.74. The third-order valence-corrected chi connectivity index (χ3v) is 5.50. The number of amides is 1. The Morgan fingerprint density at radius 1 is 1.20 bits per heavy atom. The minimum Gasteiger partial charge on any atom is -0.339 e. The zero-order valence-electron chi connectivity index (χ0n) is 17.0. The Balaban J connectivity index is 1.30. The first-order valence-electron chi connectivity index (χ1n) is 10.3. The van der Waals surface area contributed by atoms with Crippen molar-refractivity contribution in [3.63, 3.8) is 0 Å². The fraction of sp³-hybridized carbons (Fsp3) is 0.348. The van der Waals surface area contributed by atoms with Crippen molar-refractivity contribution in [1.29, 1.82) is 0 Å². The minimum atomic E-state index is -0.327. The van der Waals surface area contributed by atoms with Gasteiger partial charge in [-0.25, -0.2) is 4.39 Å². The number of halogens is 1. The molecular weight excluding hydrogens is 383 g/mol. The molecule has 1 amide bonds. The molecule has 1 saturated heterocycles. The molecule has 0 spiro atoms. The molecule has 3 aromatic rings. The summed E-state index contributed by atoms with van der Waals surface area (Å²) < 4.78 is 18.9. The molecule has 0 unspecified atom stereocenters. The van der Waals surface area contributed by atoms with Crippen molar-refractivity contribution in [3.05, 3.63) is 65.8 Å². The van der Waals surface area contributed by atoms with Crippen molar-refractivity contribution >= 4 is 11.6 Å². The summed E-state index contributed by atoms with van der Waals surface area (Å²) in [4.78, 5) is 19.1. The third-order valence-electron chi connectivity index (χ3n) is 5.50. The summed E-state index contributed by atoms with van der Waals surface area (Å²) in [7, 11) is 0. The average Bonchev–Trinajstić information content (AvgIpc) is 3.25. The van der Waals surface area contributed by atoms with Crippen LogP contribution in [0.3, 0.4) is 0 Å². The maximum atomic E-state index is 13.4. The molecule has 2 heterocycles. The summed E-state index contributed by atoms with van der Waals surface area (Å²) in [6.45, 7) is 4.01. The first-order chi connectivity index (χ1) is 14.6. The lowest BCUT2D eigenvalue weighted by molar-refractivity contribution is -0.117. The number of nitrogens with one attached hydrogen (secondary N) is 1. The monoisotopic (exact) mass is 408 g/mol. The number of para-hydroxylation sites is 1. The van der Waals surface area contributed by atoms with Crippen molar-refractivity contribution < 1.29 is 13.7 Å². The van der Waals surface area contributed by atoms with Crippen LogP contribution in [0.1, 0.15) is 37.1 Å². The van der Waals surface area contributed by atoms with Crippen molar-refractivity contribution in [3.8, 4) is 11.4 Å².